The van der Waals surface area contributed by atoms with Gasteiger partial charge in [-0.25, -0.2) is 4.39 Å². The van der Waals surface area contributed by atoms with Gasteiger partial charge in [-0.2, -0.15) is 8.42 Å². The highest BCUT2D eigenvalue weighted by Gasteiger charge is 1.97. The minimum atomic E-state index is -4.01. The molecule has 0 radical (unpaired) electrons. The smallest absolute Gasteiger partial charge is 0.268 e. The molecule has 0 heterocycles. The van der Waals surface area contributed by atoms with Gasteiger partial charge in [0, 0.05) is 0 Å². The Labute approximate surface area is 46.6 Å². The third-order valence-corrected chi connectivity index (χ3v) is 1.01. The summed E-state index contributed by atoms with van der Waals surface area (Å²) in [5.41, 5.74) is 0. The molecule has 1 N–H and O–H groups in total. The Morgan fingerprint density at radius 1 is 1.62 bits per heavy atom. The van der Waals surface area contributed by atoms with Crippen molar-refractivity contribution in [3.8, 4) is 0 Å². The number of halogens is 1. The number of hydrogen-bond acceptors (Lipinski definition) is 2. The van der Waals surface area contributed by atoms with E-state index in [1.807, 2.05) is 0 Å². The van der Waals surface area contributed by atoms with Crippen LogP contribution < -0.4 is 0 Å². The van der Waals surface area contributed by atoms with Crippen LogP contribution in [0.2, 0.25) is 0 Å². The van der Waals surface area contributed by atoms with Gasteiger partial charge < -0.3 is 0 Å². The largest absolute Gasteiger partial charge is 0.285 e. The lowest BCUT2D eigenvalue weighted by molar-refractivity contribution is 0.486. The van der Waals surface area contributed by atoms with E-state index in [9.17, 15) is 12.8 Å². The van der Waals surface area contributed by atoms with Gasteiger partial charge in [-0.3, -0.25) is 4.55 Å². The summed E-state index contributed by atoms with van der Waals surface area (Å²) in [6.45, 7) is 0. The van der Waals surface area contributed by atoms with Gasteiger partial charge in [0.05, 0.1) is 12.1 Å². The molecule has 8 heavy (non-hydrogen) atoms. The molecule has 5 heteroatoms. The first kappa shape index (κ1) is 7.58. The lowest BCUT2D eigenvalue weighted by atomic mass is 10.7. The molecule has 0 rings (SSSR count). The fourth-order valence-corrected chi connectivity index (χ4v) is 0.474. The van der Waals surface area contributed by atoms with E-state index in [4.69, 9.17) is 4.55 Å². The van der Waals surface area contributed by atoms with E-state index in [2.05, 4.69) is 0 Å². The Morgan fingerprint density at radius 2 is 2.12 bits per heavy atom. The van der Waals surface area contributed by atoms with Crippen LogP contribution in [-0.4, -0.2) is 18.7 Å². The van der Waals surface area contributed by atoms with Gasteiger partial charge in [0.25, 0.3) is 10.1 Å². The average molecular weight is 140 g/mol. The Morgan fingerprint density at radius 3 is 2.25 bits per heavy atom. The summed E-state index contributed by atoms with van der Waals surface area (Å²) in [6.07, 6.45) is 0.767. The highest BCUT2D eigenvalue weighted by Crippen LogP contribution is 1.82. The van der Waals surface area contributed by atoms with E-state index in [0.717, 1.165) is 0 Å². The first-order valence-corrected chi connectivity index (χ1v) is 3.37. The highest BCUT2D eigenvalue weighted by atomic mass is 32.2. The summed E-state index contributed by atoms with van der Waals surface area (Å²) in [5.74, 6) is -0.663. The van der Waals surface area contributed by atoms with Crippen LogP contribution in [0.1, 0.15) is 0 Å². The van der Waals surface area contributed by atoms with Crippen molar-refractivity contribution in [2.75, 3.05) is 5.75 Å². The standard InChI is InChI=1S/C3H5FO3S/c4-2-1-3-8(5,6)7/h1-2H,3H2,(H,5,6,7). The second-order valence-electron chi connectivity index (χ2n) is 1.11. The van der Waals surface area contributed by atoms with Gasteiger partial charge >= 0.3 is 0 Å². The maximum absolute atomic E-state index is 11.0. The van der Waals surface area contributed by atoms with Crippen LogP contribution in [0.15, 0.2) is 12.4 Å². The van der Waals surface area contributed by atoms with E-state index >= 15 is 0 Å². The topological polar surface area (TPSA) is 54.4 Å². The van der Waals surface area contributed by atoms with Crippen molar-refractivity contribution in [2.24, 2.45) is 0 Å². The molecule has 0 saturated heterocycles. The molecule has 0 aliphatic carbocycles. The van der Waals surface area contributed by atoms with E-state index in [1.54, 1.807) is 0 Å². The minimum Gasteiger partial charge on any atom is -0.285 e. The molecule has 0 amide bonds. The van der Waals surface area contributed by atoms with Crippen molar-refractivity contribution >= 4 is 10.1 Å². The van der Waals surface area contributed by atoms with Crippen LogP contribution in [0.3, 0.4) is 0 Å². The molecule has 3 nitrogen and oxygen atoms in total. The van der Waals surface area contributed by atoms with E-state index in [-0.39, 0.29) is 6.33 Å². The summed E-state index contributed by atoms with van der Waals surface area (Å²) in [7, 11) is -4.01. The quantitative estimate of drug-likeness (QED) is 0.563. The van der Waals surface area contributed by atoms with Crippen molar-refractivity contribution in [2.45, 2.75) is 0 Å². The van der Waals surface area contributed by atoms with E-state index < -0.39 is 15.9 Å². The van der Waals surface area contributed by atoms with Crippen LogP contribution >= 0.6 is 0 Å². The Hall–Kier alpha value is -0.420. The maximum Gasteiger partial charge on any atom is 0.268 e. The Bertz CT molecular complexity index is 169. The van der Waals surface area contributed by atoms with E-state index in [1.165, 1.54) is 0 Å². The van der Waals surface area contributed by atoms with Gasteiger partial charge in [-0.05, 0) is 6.08 Å². The zero-order valence-electron chi connectivity index (χ0n) is 3.91. The van der Waals surface area contributed by atoms with Crippen LogP contribution in [0, 0.1) is 0 Å². The molecule has 0 aromatic carbocycles. The molecule has 0 aliphatic heterocycles. The van der Waals surface area contributed by atoms with E-state index in [0.29, 0.717) is 6.08 Å². The van der Waals surface area contributed by atoms with Gasteiger partial charge in [-0.15, -0.1) is 0 Å². The van der Waals surface area contributed by atoms with Gasteiger partial charge in [-0.1, -0.05) is 0 Å². The first-order chi connectivity index (χ1) is 3.56. The monoisotopic (exact) mass is 140 g/mol. The lowest BCUT2D eigenvalue weighted by Gasteiger charge is -1.82. The fraction of sp³-hybridized carbons (Fsp3) is 0.333. The fourth-order valence-electron chi connectivity index (χ4n) is 0.158. The Kier molecular flexibility index (Phi) is 2.64. The van der Waals surface area contributed by atoms with Crippen molar-refractivity contribution < 1.29 is 17.4 Å². The number of rotatable bonds is 2. The molecule has 0 fully saturated rings. The maximum atomic E-state index is 11.0. The third kappa shape index (κ3) is 5.58. The molecule has 48 valence electrons. The van der Waals surface area contributed by atoms with Crippen LogP contribution in [0.4, 0.5) is 4.39 Å². The SMILES string of the molecule is O=S(=O)(O)CC=CF. The summed E-state index contributed by atoms with van der Waals surface area (Å²) < 4.78 is 38.3. The van der Waals surface area contributed by atoms with Crippen molar-refractivity contribution in [3.63, 3.8) is 0 Å². The first-order valence-electron chi connectivity index (χ1n) is 1.76. The second kappa shape index (κ2) is 2.78. The third-order valence-electron chi connectivity index (χ3n) is 0.396. The zero-order chi connectivity index (χ0) is 6.62. The summed E-state index contributed by atoms with van der Waals surface area (Å²) in [6, 6.07) is 0. The Balaban J connectivity index is 3.76. The molecular weight excluding hydrogens is 135 g/mol. The molecule has 0 aromatic rings. The molecule has 0 spiro atoms. The van der Waals surface area contributed by atoms with Crippen molar-refractivity contribution in [1.82, 2.24) is 0 Å². The van der Waals surface area contributed by atoms with Crippen LogP contribution in [-0.2, 0) is 10.1 Å². The molecular formula is C3H5FO3S. The summed E-state index contributed by atoms with van der Waals surface area (Å²) in [4.78, 5) is 0. The normalized spacial score (nSPS) is 12.8. The minimum absolute atomic E-state index is 0.0633. The highest BCUT2D eigenvalue weighted by molar-refractivity contribution is 7.85. The molecule has 0 aromatic heterocycles. The van der Waals surface area contributed by atoms with Crippen LogP contribution in [0.25, 0.3) is 0 Å². The lowest BCUT2D eigenvalue weighted by Crippen LogP contribution is -1.99. The molecule has 0 saturated carbocycles. The molecule has 0 aliphatic rings. The zero-order valence-corrected chi connectivity index (χ0v) is 4.73. The predicted molar refractivity (Wildman–Crippen MR) is 26.7 cm³/mol. The van der Waals surface area contributed by atoms with Gasteiger partial charge in [0.1, 0.15) is 0 Å². The molecule has 0 atom stereocenters. The molecule has 0 unspecified atom stereocenters. The predicted octanol–water partition coefficient (Wildman–Crippen LogP) is 0.357. The molecule has 0 bridgehead atoms. The average Bonchev–Trinajstić information content (AvgIpc) is 1.59. The van der Waals surface area contributed by atoms with Gasteiger partial charge in [0.2, 0.25) is 0 Å². The van der Waals surface area contributed by atoms with Crippen LogP contribution in [0.5, 0.6) is 0 Å². The van der Waals surface area contributed by atoms with Gasteiger partial charge in [0.15, 0.2) is 0 Å². The second-order valence-corrected chi connectivity index (χ2v) is 2.61. The summed E-state index contributed by atoms with van der Waals surface area (Å²) >= 11 is 0. The number of hydrogen-bond donors (Lipinski definition) is 1. The van der Waals surface area contributed by atoms with Crippen molar-refractivity contribution in [1.29, 1.82) is 0 Å². The van der Waals surface area contributed by atoms with Crippen molar-refractivity contribution in [3.05, 3.63) is 12.4 Å². The summed E-state index contributed by atoms with van der Waals surface area (Å²) in [5, 5.41) is 0.